The Morgan fingerprint density at radius 1 is 1.43 bits per heavy atom. The minimum atomic E-state index is -0.208. The summed E-state index contributed by atoms with van der Waals surface area (Å²) in [6.45, 7) is 3.21. The van der Waals surface area contributed by atoms with Crippen molar-refractivity contribution < 1.29 is 9.53 Å². The molecule has 1 saturated carbocycles. The number of carbonyl (C=O) groups excluding carboxylic acids is 1. The van der Waals surface area contributed by atoms with E-state index in [9.17, 15) is 4.79 Å². The summed E-state index contributed by atoms with van der Waals surface area (Å²) in [6, 6.07) is 0. The molecule has 1 aliphatic carbocycles. The summed E-state index contributed by atoms with van der Waals surface area (Å²) in [5.41, 5.74) is 1.08. The average Bonchev–Trinajstić information content (AvgIpc) is 2.81. The summed E-state index contributed by atoms with van der Waals surface area (Å²) in [5, 5.41) is 2.92. The second-order valence-electron chi connectivity index (χ2n) is 5.93. The van der Waals surface area contributed by atoms with E-state index in [0.717, 1.165) is 17.4 Å². The van der Waals surface area contributed by atoms with Crippen LogP contribution in [-0.2, 0) is 16.0 Å². The summed E-state index contributed by atoms with van der Waals surface area (Å²) in [6.07, 6.45) is 4.05. The smallest absolute Gasteiger partial charge is 0.311 e. The SMILES string of the molecule is CCOC(=O)Cc1csc(N(C)CC2(N(C)C)CCC2)n1. The van der Waals surface area contributed by atoms with Crippen LogP contribution in [0.3, 0.4) is 0 Å². The molecule has 0 bridgehead atoms. The van der Waals surface area contributed by atoms with Gasteiger partial charge in [-0.1, -0.05) is 0 Å². The lowest BCUT2D eigenvalue weighted by Gasteiger charge is -2.49. The molecule has 0 aliphatic heterocycles. The number of hydrogen-bond acceptors (Lipinski definition) is 6. The molecule has 21 heavy (non-hydrogen) atoms. The molecule has 1 aromatic rings. The molecule has 6 heteroatoms. The van der Waals surface area contributed by atoms with Crippen molar-refractivity contribution in [2.75, 3.05) is 39.2 Å². The Morgan fingerprint density at radius 2 is 2.14 bits per heavy atom. The van der Waals surface area contributed by atoms with Crippen LogP contribution in [0.15, 0.2) is 5.38 Å². The lowest BCUT2D eigenvalue weighted by molar-refractivity contribution is -0.142. The number of ether oxygens (including phenoxy) is 1. The molecule has 1 aliphatic rings. The molecule has 118 valence electrons. The molecule has 0 aromatic carbocycles. The Labute approximate surface area is 130 Å². The number of hydrogen-bond donors (Lipinski definition) is 0. The van der Waals surface area contributed by atoms with E-state index in [2.05, 4.69) is 35.9 Å². The van der Waals surface area contributed by atoms with Crippen LogP contribution in [-0.4, -0.2) is 55.7 Å². The molecule has 0 spiro atoms. The minimum absolute atomic E-state index is 0.208. The Bertz CT molecular complexity index is 483. The van der Waals surface area contributed by atoms with Crippen molar-refractivity contribution in [3.8, 4) is 0 Å². The molecule has 1 aromatic heterocycles. The maximum Gasteiger partial charge on any atom is 0.311 e. The third kappa shape index (κ3) is 3.74. The van der Waals surface area contributed by atoms with Crippen molar-refractivity contribution in [3.63, 3.8) is 0 Å². The Kier molecular flexibility index (Phi) is 5.22. The van der Waals surface area contributed by atoms with E-state index in [1.165, 1.54) is 19.3 Å². The van der Waals surface area contributed by atoms with Gasteiger partial charge in [0, 0.05) is 24.5 Å². The highest BCUT2D eigenvalue weighted by atomic mass is 32.1. The van der Waals surface area contributed by atoms with Crippen LogP contribution in [0.5, 0.6) is 0 Å². The highest BCUT2D eigenvalue weighted by Crippen LogP contribution is 2.37. The molecular formula is C15H25N3O2S. The van der Waals surface area contributed by atoms with E-state index in [4.69, 9.17) is 4.74 Å². The number of esters is 1. The maximum absolute atomic E-state index is 11.5. The number of aromatic nitrogens is 1. The highest BCUT2D eigenvalue weighted by molar-refractivity contribution is 7.13. The van der Waals surface area contributed by atoms with Gasteiger partial charge in [0.05, 0.1) is 18.7 Å². The number of likely N-dealkylation sites (N-methyl/N-ethyl adjacent to an activating group) is 2. The Balaban J connectivity index is 1.95. The van der Waals surface area contributed by atoms with Crippen LogP contribution in [0.1, 0.15) is 31.9 Å². The van der Waals surface area contributed by atoms with Crippen molar-refractivity contribution in [2.45, 2.75) is 38.1 Å². The van der Waals surface area contributed by atoms with Crippen LogP contribution in [0.25, 0.3) is 0 Å². The van der Waals surface area contributed by atoms with E-state index in [1.807, 2.05) is 12.3 Å². The third-order valence-corrected chi connectivity index (χ3v) is 5.27. The molecule has 1 heterocycles. The maximum atomic E-state index is 11.5. The first kappa shape index (κ1) is 16.2. The first-order valence-electron chi connectivity index (χ1n) is 7.45. The van der Waals surface area contributed by atoms with E-state index in [0.29, 0.717) is 6.61 Å². The fourth-order valence-corrected chi connectivity index (χ4v) is 3.55. The second kappa shape index (κ2) is 6.75. The zero-order chi connectivity index (χ0) is 15.5. The highest BCUT2D eigenvalue weighted by Gasteiger charge is 2.40. The Hall–Kier alpha value is -1.14. The van der Waals surface area contributed by atoms with Crippen molar-refractivity contribution in [1.29, 1.82) is 0 Å². The van der Waals surface area contributed by atoms with Crippen molar-refractivity contribution in [2.24, 2.45) is 0 Å². The normalized spacial score (nSPS) is 16.6. The number of thiazole rings is 1. The predicted molar refractivity (Wildman–Crippen MR) is 86.0 cm³/mol. The van der Waals surface area contributed by atoms with Crippen molar-refractivity contribution >= 4 is 22.4 Å². The lowest BCUT2D eigenvalue weighted by atomic mass is 9.75. The molecule has 0 atom stereocenters. The van der Waals surface area contributed by atoms with Crippen LogP contribution >= 0.6 is 11.3 Å². The average molecular weight is 311 g/mol. The van der Waals surface area contributed by atoms with Crippen LogP contribution in [0.4, 0.5) is 5.13 Å². The minimum Gasteiger partial charge on any atom is -0.466 e. The molecule has 1 fully saturated rings. The summed E-state index contributed by atoms with van der Waals surface area (Å²) in [5.74, 6) is -0.208. The molecular weight excluding hydrogens is 286 g/mol. The van der Waals surface area contributed by atoms with Crippen LogP contribution in [0.2, 0.25) is 0 Å². The fraction of sp³-hybridized carbons (Fsp3) is 0.733. The van der Waals surface area contributed by atoms with Gasteiger partial charge in [0.2, 0.25) is 0 Å². The first-order chi connectivity index (χ1) is 9.97. The Morgan fingerprint density at radius 3 is 2.67 bits per heavy atom. The van der Waals surface area contributed by atoms with E-state index in [1.54, 1.807) is 11.3 Å². The number of anilines is 1. The molecule has 5 nitrogen and oxygen atoms in total. The standard InChI is InChI=1S/C15H25N3O2S/c1-5-20-13(19)9-12-10-21-14(16-12)18(4)11-15(17(2)3)7-6-8-15/h10H,5-9,11H2,1-4H3. The van der Waals surface area contributed by atoms with Gasteiger partial charge in [0.1, 0.15) is 0 Å². The van der Waals surface area contributed by atoms with E-state index in [-0.39, 0.29) is 17.9 Å². The third-order valence-electron chi connectivity index (χ3n) is 4.26. The summed E-state index contributed by atoms with van der Waals surface area (Å²) < 4.78 is 4.96. The van der Waals surface area contributed by atoms with Gasteiger partial charge in [-0.25, -0.2) is 4.98 Å². The second-order valence-corrected chi connectivity index (χ2v) is 6.77. The molecule has 2 rings (SSSR count). The van der Waals surface area contributed by atoms with Gasteiger partial charge in [-0.05, 0) is 40.3 Å². The monoisotopic (exact) mass is 311 g/mol. The first-order valence-corrected chi connectivity index (χ1v) is 8.33. The summed E-state index contributed by atoms with van der Waals surface area (Å²) in [7, 11) is 6.39. The fourth-order valence-electron chi connectivity index (χ4n) is 2.75. The molecule has 0 unspecified atom stereocenters. The predicted octanol–water partition coefficient (Wildman–Crippen LogP) is 2.17. The van der Waals surface area contributed by atoms with Crippen LogP contribution < -0.4 is 4.90 Å². The quantitative estimate of drug-likeness (QED) is 0.722. The van der Waals surface area contributed by atoms with Gasteiger partial charge in [-0.2, -0.15) is 0 Å². The van der Waals surface area contributed by atoms with Gasteiger partial charge in [-0.3, -0.25) is 4.79 Å². The number of nitrogens with zero attached hydrogens (tertiary/aromatic N) is 3. The van der Waals surface area contributed by atoms with Gasteiger partial charge in [0.25, 0.3) is 0 Å². The van der Waals surface area contributed by atoms with E-state index < -0.39 is 0 Å². The molecule has 0 saturated heterocycles. The zero-order valence-corrected chi connectivity index (χ0v) is 14.2. The molecule has 0 N–H and O–H groups in total. The van der Waals surface area contributed by atoms with Crippen molar-refractivity contribution in [3.05, 3.63) is 11.1 Å². The van der Waals surface area contributed by atoms with Crippen molar-refractivity contribution in [1.82, 2.24) is 9.88 Å². The number of carbonyl (C=O) groups is 1. The summed E-state index contributed by atoms with van der Waals surface area (Å²) >= 11 is 1.59. The molecule has 0 amide bonds. The van der Waals surface area contributed by atoms with E-state index >= 15 is 0 Å². The van der Waals surface area contributed by atoms with Gasteiger partial charge < -0.3 is 14.5 Å². The van der Waals surface area contributed by atoms with Gasteiger partial charge >= 0.3 is 5.97 Å². The van der Waals surface area contributed by atoms with Crippen LogP contribution in [0, 0.1) is 0 Å². The topological polar surface area (TPSA) is 45.7 Å². The number of rotatable bonds is 7. The van der Waals surface area contributed by atoms with Gasteiger partial charge in [0.15, 0.2) is 5.13 Å². The van der Waals surface area contributed by atoms with Gasteiger partial charge in [-0.15, -0.1) is 11.3 Å². The largest absolute Gasteiger partial charge is 0.466 e. The summed E-state index contributed by atoms with van der Waals surface area (Å²) in [4.78, 5) is 20.6. The zero-order valence-electron chi connectivity index (χ0n) is 13.4. The lowest BCUT2D eigenvalue weighted by Crippen LogP contribution is -2.56. The molecule has 0 radical (unpaired) electrons.